The molecule has 1 unspecified atom stereocenters. The molecular weight excluding hydrogens is 232 g/mol. The zero-order valence-electron chi connectivity index (χ0n) is 10.7. The number of aliphatic hydroxyl groups excluding tert-OH is 1. The molecule has 0 aliphatic heterocycles. The summed E-state index contributed by atoms with van der Waals surface area (Å²) in [6.07, 6.45) is 0.201. The van der Waals surface area contributed by atoms with E-state index in [9.17, 15) is 9.90 Å². The molecule has 0 aliphatic carbocycles. The van der Waals surface area contributed by atoms with E-state index in [0.717, 1.165) is 23.0 Å². The lowest BCUT2D eigenvalue weighted by Gasteiger charge is -2.14. The Labute approximate surface area is 107 Å². The Balaban J connectivity index is 2.42. The molecule has 0 heterocycles. The standard InChI is InChI=1S/C14H18O4/c1-4-14(16)18-9-12(15)8-17-13-7-5-6-10(2)11(13)3/h4-7,12,15H,1,8-9H2,2-3H3. The van der Waals surface area contributed by atoms with Crippen LogP contribution in [0.2, 0.25) is 0 Å². The van der Waals surface area contributed by atoms with Crippen molar-refractivity contribution >= 4 is 5.97 Å². The Morgan fingerprint density at radius 3 is 2.83 bits per heavy atom. The predicted octanol–water partition coefficient (Wildman–Crippen LogP) is 1.77. The third kappa shape index (κ3) is 4.22. The quantitative estimate of drug-likeness (QED) is 0.617. The summed E-state index contributed by atoms with van der Waals surface area (Å²) in [7, 11) is 0. The van der Waals surface area contributed by atoms with Crippen molar-refractivity contribution in [1.29, 1.82) is 0 Å². The first-order chi connectivity index (χ1) is 8.54. The third-order valence-corrected chi connectivity index (χ3v) is 2.57. The lowest BCUT2D eigenvalue weighted by molar-refractivity contribution is -0.141. The summed E-state index contributed by atoms with van der Waals surface area (Å²) in [4.78, 5) is 10.8. The lowest BCUT2D eigenvalue weighted by Crippen LogP contribution is -2.24. The smallest absolute Gasteiger partial charge is 0.330 e. The summed E-state index contributed by atoms with van der Waals surface area (Å²) in [6, 6.07) is 5.72. The van der Waals surface area contributed by atoms with Crippen LogP contribution in [0.3, 0.4) is 0 Å². The number of aryl methyl sites for hydroxylation is 1. The Hall–Kier alpha value is -1.81. The molecular formula is C14H18O4. The van der Waals surface area contributed by atoms with Crippen LogP contribution in [-0.4, -0.2) is 30.4 Å². The van der Waals surface area contributed by atoms with Gasteiger partial charge in [-0.2, -0.15) is 0 Å². The van der Waals surface area contributed by atoms with Gasteiger partial charge >= 0.3 is 5.97 Å². The highest BCUT2D eigenvalue weighted by Gasteiger charge is 2.09. The van der Waals surface area contributed by atoms with Gasteiger partial charge in [0.1, 0.15) is 25.1 Å². The number of benzene rings is 1. The number of rotatable bonds is 6. The van der Waals surface area contributed by atoms with E-state index >= 15 is 0 Å². The molecule has 4 nitrogen and oxygen atoms in total. The van der Waals surface area contributed by atoms with Crippen LogP contribution in [0, 0.1) is 13.8 Å². The first-order valence-corrected chi connectivity index (χ1v) is 5.71. The molecule has 0 bridgehead atoms. The fraction of sp³-hybridized carbons (Fsp3) is 0.357. The van der Waals surface area contributed by atoms with Crippen molar-refractivity contribution < 1.29 is 19.4 Å². The molecule has 1 N–H and O–H groups in total. The molecule has 0 aromatic heterocycles. The number of aliphatic hydroxyl groups is 1. The van der Waals surface area contributed by atoms with E-state index in [4.69, 9.17) is 9.47 Å². The molecule has 0 radical (unpaired) electrons. The maximum absolute atomic E-state index is 10.8. The minimum absolute atomic E-state index is 0.0781. The molecule has 1 aromatic carbocycles. The summed E-state index contributed by atoms with van der Waals surface area (Å²) in [5, 5.41) is 9.58. The number of carbonyl (C=O) groups excluding carboxylic acids is 1. The van der Waals surface area contributed by atoms with Gasteiger partial charge in [0.15, 0.2) is 0 Å². The third-order valence-electron chi connectivity index (χ3n) is 2.57. The number of hydrogen-bond acceptors (Lipinski definition) is 4. The number of ether oxygens (including phenoxy) is 2. The van der Waals surface area contributed by atoms with Crippen LogP contribution in [0.1, 0.15) is 11.1 Å². The Kier molecular flexibility index (Phi) is 5.39. The van der Waals surface area contributed by atoms with Gasteiger partial charge in [-0.05, 0) is 31.0 Å². The minimum Gasteiger partial charge on any atom is -0.490 e. The van der Waals surface area contributed by atoms with Crippen molar-refractivity contribution in [2.45, 2.75) is 20.0 Å². The van der Waals surface area contributed by atoms with Crippen LogP contribution in [0.25, 0.3) is 0 Å². The molecule has 18 heavy (non-hydrogen) atoms. The second-order valence-corrected chi connectivity index (χ2v) is 4.00. The summed E-state index contributed by atoms with van der Waals surface area (Å²) in [5.74, 6) is 0.171. The SMILES string of the molecule is C=CC(=O)OCC(O)COc1cccc(C)c1C. The van der Waals surface area contributed by atoms with E-state index in [1.165, 1.54) is 0 Å². The lowest BCUT2D eigenvalue weighted by atomic mass is 10.1. The highest BCUT2D eigenvalue weighted by atomic mass is 16.5. The Morgan fingerprint density at radius 2 is 2.17 bits per heavy atom. The molecule has 1 aromatic rings. The van der Waals surface area contributed by atoms with E-state index in [1.54, 1.807) is 0 Å². The molecule has 4 heteroatoms. The fourth-order valence-electron chi connectivity index (χ4n) is 1.35. The van der Waals surface area contributed by atoms with Crippen LogP contribution in [0.4, 0.5) is 0 Å². The second-order valence-electron chi connectivity index (χ2n) is 4.00. The van der Waals surface area contributed by atoms with Crippen molar-refractivity contribution in [3.63, 3.8) is 0 Å². The van der Waals surface area contributed by atoms with Crippen molar-refractivity contribution in [1.82, 2.24) is 0 Å². The summed E-state index contributed by atoms with van der Waals surface area (Å²) in [5.41, 5.74) is 2.16. The molecule has 0 fully saturated rings. The molecule has 0 aliphatic rings. The first-order valence-electron chi connectivity index (χ1n) is 5.71. The number of hydrogen-bond donors (Lipinski definition) is 1. The van der Waals surface area contributed by atoms with Crippen molar-refractivity contribution in [3.8, 4) is 5.75 Å². The first kappa shape index (κ1) is 14.3. The van der Waals surface area contributed by atoms with Crippen LogP contribution in [0.15, 0.2) is 30.9 Å². The van der Waals surface area contributed by atoms with Gasteiger partial charge in [0.05, 0.1) is 0 Å². The van der Waals surface area contributed by atoms with Crippen molar-refractivity contribution in [2.75, 3.05) is 13.2 Å². The molecule has 0 spiro atoms. The van der Waals surface area contributed by atoms with Crippen molar-refractivity contribution in [3.05, 3.63) is 42.0 Å². The minimum atomic E-state index is -0.853. The normalized spacial score (nSPS) is 11.7. The summed E-state index contributed by atoms with van der Waals surface area (Å²) in [6.45, 7) is 7.19. The number of esters is 1. The van der Waals surface area contributed by atoms with Crippen LogP contribution in [0.5, 0.6) is 5.75 Å². The fourth-order valence-corrected chi connectivity index (χ4v) is 1.35. The van der Waals surface area contributed by atoms with Crippen LogP contribution in [-0.2, 0) is 9.53 Å². The van der Waals surface area contributed by atoms with E-state index in [2.05, 4.69) is 6.58 Å². The molecule has 0 saturated heterocycles. The largest absolute Gasteiger partial charge is 0.490 e. The van der Waals surface area contributed by atoms with Crippen molar-refractivity contribution in [2.24, 2.45) is 0 Å². The van der Waals surface area contributed by atoms with Gasteiger partial charge in [0.25, 0.3) is 0 Å². The van der Waals surface area contributed by atoms with E-state index in [1.807, 2.05) is 32.0 Å². The van der Waals surface area contributed by atoms with Gasteiger partial charge in [-0.3, -0.25) is 0 Å². The zero-order chi connectivity index (χ0) is 13.5. The van der Waals surface area contributed by atoms with Gasteiger partial charge in [0.2, 0.25) is 0 Å². The molecule has 98 valence electrons. The van der Waals surface area contributed by atoms with Crippen LogP contribution < -0.4 is 4.74 Å². The van der Waals surface area contributed by atoms with Crippen LogP contribution >= 0.6 is 0 Å². The topological polar surface area (TPSA) is 55.8 Å². The van der Waals surface area contributed by atoms with Gasteiger partial charge in [-0.25, -0.2) is 4.79 Å². The van der Waals surface area contributed by atoms with Gasteiger partial charge < -0.3 is 14.6 Å². The highest BCUT2D eigenvalue weighted by Crippen LogP contribution is 2.20. The van der Waals surface area contributed by atoms with E-state index in [-0.39, 0.29) is 13.2 Å². The van der Waals surface area contributed by atoms with E-state index in [0.29, 0.717) is 0 Å². The van der Waals surface area contributed by atoms with Gasteiger partial charge in [-0.15, -0.1) is 0 Å². The molecule has 1 atom stereocenters. The highest BCUT2D eigenvalue weighted by molar-refractivity contribution is 5.81. The molecule has 1 rings (SSSR count). The predicted molar refractivity (Wildman–Crippen MR) is 68.6 cm³/mol. The van der Waals surface area contributed by atoms with E-state index < -0.39 is 12.1 Å². The number of carbonyl (C=O) groups is 1. The monoisotopic (exact) mass is 250 g/mol. The Bertz CT molecular complexity index is 426. The zero-order valence-corrected chi connectivity index (χ0v) is 10.7. The maximum atomic E-state index is 10.8. The molecule has 0 amide bonds. The average Bonchev–Trinajstić information content (AvgIpc) is 2.37. The van der Waals surface area contributed by atoms with Gasteiger partial charge in [0, 0.05) is 6.08 Å². The maximum Gasteiger partial charge on any atom is 0.330 e. The summed E-state index contributed by atoms with van der Waals surface area (Å²) < 4.78 is 10.2. The Morgan fingerprint density at radius 1 is 1.44 bits per heavy atom. The second kappa shape index (κ2) is 6.81. The van der Waals surface area contributed by atoms with Gasteiger partial charge in [-0.1, -0.05) is 18.7 Å². The average molecular weight is 250 g/mol. The summed E-state index contributed by atoms with van der Waals surface area (Å²) >= 11 is 0. The molecule has 0 saturated carbocycles.